The van der Waals surface area contributed by atoms with Gasteiger partial charge in [-0.15, -0.1) is 0 Å². The highest BCUT2D eigenvalue weighted by Gasteiger charge is 2.11. The first-order valence-electron chi connectivity index (χ1n) is 6.34. The summed E-state index contributed by atoms with van der Waals surface area (Å²) in [5, 5.41) is 12.4. The Bertz CT molecular complexity index is 418. The Morgan fingerprint density at radius 3 is 2.79 bits per heavy atom. The number of hydrogen-bond acceptors (Lipinski definition) is 4. The molecule has 1 aromatic rings. The van der Waals surface area contributed by atoms with Crippen LogP contribution in [0.2, 0.25) is 0 Å². The average molecular weight is 267 g/mol. The molecule has 19 heavy (non-hydrogen) atoms. The fraction of sp³-hybridized carbons (Fsp3) is 0.500. The summed E-state index contributed by atoms with van der Waals surface area (Å²) >= 11 is 0. The molecule has 0 heterocycles. The molecule has 0 aliphatic rings. The van der Waals surface area contributed by atoms with E-state index in [9.17, 15) is 9.90 Å². The van der Waals surface area contributed by atoms with Gasteiger partial charge in [-0.2, -0.15) is 0 Å². The number of rotatable bonds is 7. The van der Waals surface area contributed by atoms with Gasteiger partial charge in [0.2, 0.25) is 5.91 Å². The third kappa shape index (κ3) is 4.79. The van der Waals surface area contributed by atoms with E-state index in [4.69, 9.17) is 9.47 Å². The zero-order chi connectivity index (χ0) is 14.3. The Balaban J connectivity index is 2.67. The summed E-state index contributed by atoms with van der Waals surface area (Å²) in [6.45, 7) is 4.40. The largest absolute Gasteiger partial charge is 0.497 e. The average Bonchev–Trinajstić information content (AvgIpc) is 2.38. The Kier molecular flexibility index (Phi) is 6.15. The number of carbonyl (C=O) groups is 1. The molecule has 0 aliphatic carbocycles. The van der Waals surface area contributed by atoms with Gasteiger partial charge in [0.1, 0.15) is 11.5 Å². The molecule has 0 fully saturated rings. The van der Waals surface area contributed by atoms with Crippen molar-refractivity contribution in [1.82, 2.24) is 5.32 Å². The molecule has 1 amide bonds. The lowest BCUT2D eigenvalue weighted by Gasteiger charge is -2.14. The Hall–Kier alpha value is -1.75. The maximum Gasteiger partial charge on any atom is 0.223 e. The number of aliphatic hydroxyl groups is 1. The van der Waals surface area contributed by atoms with Crippen LogP contribution in [0.15, 0.2) is 18.2 Å². The lowest BCUT2D eigenvalue weighted by Crippen LogP contribution is -2.24. The Morgan fingerprint density at radius 2 is 2.21 bits per heavy atom. The predicted molar refractivity (Wildman–Crippen MR) is 72.4 cm³/mol. The van der Waals surface area contributed by atoms with Crippen molar-refractivity contribution >= 4 is 5.91 Å². The van der Waals surface area contributed by atoms with Gasteiger partial charge < -0.3 is 19.9 Å². The number of ether oxygens (including phenoxy) is 2. The minimum absolute atomic E-state index is 0.0519. The van der Waals surface area contributed by atoms with Crippen LogP contribution in [-0.2, 0) is 4.79 Å². The fourth-order valence-corrected chi connectivity index (χ4v) is 1.65. The summed E-state index contributed by atoms with van der Waals surface area (Å²) in [7, 11) is 1.57. The van der Waals surface area contributed by atoms with E-state index in [2.05, 4.69) is 5.32 Å². The molecule has 2 N–H and O–H groups in total. The van der Waals surface area contributed by atoms with Crippen molar-refractivity contribution < 1.29 is 19.4 Å². The molecule has 0 saturated carbocycles. The van der Waals surface area contributed by atoms with Crippen LogP contribution >= 0.6 is 0 Å². The summed E-state index contributed by atoms with van der Waals surface area (Å²) in [5.74, 6) is 1.14. The van der Waals surface area contributed by atoms with Crippen LogP contribution in [0.5, 0.6) is 11.5 Å². The molecule has 1 unspecified atom stereocenters. The molecule has 1 aromatic carbocycles. The number of benzene rings is 1. The Labute approximate surface area is 113 Å². The highest BCUT2D eigenvalue weighted by atomic mass is 16.5. The van der Waals surface area contributed by atoms with Crippen molar-refractivity contribution in [3.63, 3.8) is 0 Å². The van der Waals surface area contributed by atoms with Gasteiger partial charge in [-0.1, -0.05) is 0 Å². The molecular formula is C14H21NO4. The number of hydrogen-bond donors (Lipinski definition) is 2. The van der Waals surface area contributed by atoms with Crippen LogP contribution in [0.25, 0.3) is 0 Å². The first-order chi connectivity index (χ1) is 9.08. The molecule has 5 heteroatoms. The van der Waals surface area contributed by atoms with E-state index in [1.54, 1.807) is 32.2 Å². The van der Waals surface area contributed by atoms with Crippen LogP contribution in [-0.4, -0.2) is 31.3 Å². The monoisotopic (exact) mass is 267 g/mol. The van der Waals surface area contributed by atoms with Gasteiger partial charge in [-0.05, 0) is 26.0 Å². The summed E-state index contributed by atoms with van der Waals surface area (Å²) in [6.07, 6.45) is -0.352. The SMILES string of the molecule is CCNC(=O)CCOc1cc(OC)ccc1C(C)O. The smallest absolute Gasteiger partial charge is 0.223 e. The van der Waals surface area contributed by atoms with Gasteiger partial charge in [-0.3, -0.25) is 4.79 Å². The van der Waals surface area contributed by atoms with E-state index in [-0.39, 0.29) is 18.9 Å². The topological polar surface area (TPSA) is 67.8 Å². The third-order valence-electron chi connectivity index (χ3n) is 2.63. The summed E-state index contributed by atoms with van der Waals surface area (Å²) in [4.78, 5) is 11.3. The fourth-order valence-electron chi connectivity index (χ4n) is 1.65. The first-order valence-corrected chi connectivity index (χ1v) is 6.34. The van der Waals surface area contributed by atoms with Gasteiger partial charge in [0, 0.05) is 18.2 Å². The van der Waals surface area contributed by atoms with Crippen molar-refractivity contribution in [2.24, 2.45) is 0 Å². The number of aliphatic hydroxyl groups excluding tert-OH is 1. The zero-order valence-electron chi connectivity index (χ0n) is 11.6. The standard InChI is InChI=1S/C14H21NO4/c1-4-15-14(17)7-8-19-13-9-11(18-3)5-6-12(13)10(2)16/h5-6,9-10,16H,4,7-8H2,1-3H3,(H,15,17). The quantitative estimate of drug-likeness (QED) is 0.788. The van der Waals surface area contributed by atoms with E-state index in [1.807, 2.05) is 6.92 Å². The van der Waals surface area contributed by atoms with Crippen LogP contribution in [0.3, 0.4) is 0 Å². The van der Waals surface area contributed by atoms with Gasteiger partial charge >= 0.3 is 0 Å². The normalized spacial score (nSPS) is 11.8. The van der Waals surface area contributed by atoms with Gasteiger partial charge in [-0.25, -0.2) is 0 Å². The van der Waals surface area contributed by atoms with Crippen molar-refractivity contribution in [3.8, 4) is 11.5 Å². The number of amides is 1. The van der Waals surface area contributed by atoms with Crippen molar-refractivity contribution in [3.05, 3.63) is 23.8 Å². The second-order valence-electron chi connectivity index (χ2n) is 4.13. The molecule has 0 aromatic heterocycles. The van der Waals surface area contributed by atoms with Crippen molar-refractivity contribution in [2.75, 3.05) is 20.3 Å². The summed E-state index contributed by atoms with van der Waals surface area (Å²) in [6, 6.07) is 5.23. The number of methoxy groups -OCH3 is 1. The minimum Gasteiger partial charge on any atom is -0.497 e. The molecule has 0 radical (unpaired) electrons. The van der Waals surface area contributed by atoms with Gasteiger partial charge in [0.15, 0.2) is 0 Å². The van der Waals surface area contributed by atoms with E-state index in [1.165, 1.54) is 0 Å². The molecule has 5 nitrogen and oxygen atoms in total. The Morgan fingerprint density at radius 1 is 1.47 bits per heavy atom. The molecule has 106 valence electrons. The van der Waals surface area contributed by atoms with Crippen LogP contribution in [0, 0.1) is 0 Å². The van der Waals surface area contributed by atoms with Crippen molar-refractivity contribution in [2.45, 2.75) is 26.4 Å². The predicted octanol–water partition coefficient (Wildman–Crippen LogP) is 1.65. The van der Waals surface area contributed by atoms with E-state index in [0.29, 0.717) is 23.6 Å². The molecule has 1 atom stereocenters. The highest BCUT2D eigenvalue weighted by Crippen LogP contribution is 2.29. The van der Waals surface area contributed by atoms with Crippen LogP contribution < -0.4 is 14.8 Å². The van der Waals surface area contributed by atoms with Crippen molar-refractivity contribution in [1.29, 1.82) is 0 Å². The highest BCUT2D eigenvalue weighted by molar-refractivity contribution is 5.75. The molecule has 0 saturated heterocycles. The molecule has 0 spiro atoms. The summed E-state index contributed by atoms with van der Waals surface area (Å²) < 4.78 is 10.7. The first kappa shape index (κ1) is 15.3. The molecular weight excluding hydrogens is 246 g/mol. The minimum atomic E-state index is -0.634. The molecule has 1 rings (SSSR count). The number of nitrogens with one attached hydrogen (secondary N) is 1. The zero-order valence-corrected chi connectivity index (χ0v) is 11.6. The molecule has 0 bridgehead atoms. The van der Waals surface area contributed by atoms with E-state index >= 15 is 0 Å². The maximum absolute atomic E-state index is 11.3. The summed E-state index contributed by atoms with van der Waals surface area (Å²) in [5.41, 5.74) is 0.677. The lowest BCUT2D eigenvalue weighted by molar-refractivity contribution is -0.121. The van der Waals surface area contributed by atoms with Crippen LogP contribution in [0.4, 0.5) is 0 Å². The molecule has 0 aliphatic heterocycles. The van der Waals surface area contributed by atoms with Gasteiger partial charge in [0.25, 0.3) is 0 Å². The van der Waals surface area contributed by atoms with E-state index < -0.39 is 6.10 Å². The second kappa shape index (κ2) is 7.63. The lowest BCUT2D eigenvalue weighted by atomic mass is 10.1. The van der Waals surface area contributed by atoms with Gasteiger partial charge in [0.05, 0.1) is 26.2 Å². The van der Waals surface area contributed by atoms with E-state index in [0.717, 1.165) is 0 Å². The second-order valence-corrected chi connectivity index (χ2v) is 4.13. The number of carbonyl (C=O) groups excluding carboxylic acids is 1. The van der Waals surface area contributed by atoms with Crippen LogP contribution in [0.1, 0.15) is 31.9 Å². The maximum atomic E-state index is 11.3. The third-order valence-corrected chi connectivity index (χ3v) is 2.63.